The number of nitrogens with zero attached hydrogens (tertiary/aromatic N) is 5. The van der Waals surface area contributed by atoms with Crippen molar-refractivity contribution in [2.75, 3.05) is 31.2 Å². The molecule has 0 radical (unpaired) electrons. The second-order valence-corrected chi connectivity index (χ2v) is 9.49. The molecule has 0 amide bonds. The van der Waals surface area contributed by atoms with Crippen LogP contribution in [0.1, 0.15) is 48.8 Å². The number of morpholine rings is 1. The van der Waals surface area contributed by atoms with Gasteiger partial charge < -0.3 is 19.3 Å². The average molecular weight is 450 g/mol. The molecule has 2 fully saturated rings. The van der Waals surface area contributed by atoms with E-state index in [1.54, 1.807) is 0 Å². The minimum Gasteiger partial charge on any atom is -0.475 e. The number of hydrogen-bond acceptors (Lipinski definition) is 6. The Kier molecular flexibility index (Phi) is 6.01. The SMILES string of the molecule is Cc1cccc(-c2nc(C(=O)O)nc3nc(N4CCOCC4)n(CC4CCC(C)CC4)c23)c1. The van der Waals surface area contributed by atoms with Gasteiger partial charge in [0.2, 0.25) is 11.8 Å². The van der Waals surface area contributed by atoms with Crippen LogP contribution in [0, 0.1) is 18.8 Å². The van der Waals surface area contributed by atoms with Gasteiger partial charge in [0.05, 0.1) is 13.2 Å². The third kappa shape index (κ3) is 4.44. The van der Waals surface area contributed by atoms with Gasteiger partial charge in [0.15, 0.2) is 5.65 Å². The molecule has 1 aromatic carbocycles. The van der Waals surface area contributed by atoms with Crippen LogP contribution in [0.5, 0.6) is 0 Å². The summed E-state index contributed by atoms with van der Waals surface area (Å²) in [4.78, 5) is 27.9. The van der Waals surface area contributed by atoms with Crippen LogP contribution in [0.4, 0.5) is 5.95 Å². The van der Waals surface area contributed by atoms with Gasteiger partial charge in [-0.05, 0) is 37.7 Å². The van der Waals surface area contributed by atoms with Crippen LogP contribution < -0.4 is 4.90 Å². The number of aromatic carboxylic acids is 1. The minimum absolute atomic E-state index is 0.219. The zero-order valence-electron chi connectivity index (χ0n) is 19.3. The van der Waals surface area contributed by atoms with Gasteiger partial charge in [-0.1, -0.05) is 43.5 Å². The lowest BCUT2D eigenvalue weighted by atomic mass is 9.83. The van der Waals surface area contributed by atoms with Crippen molar-refractivity contribution in [2.24, 2.45) is 11.8 Å². The first-order valence-corrected chi connectivity index (χ1v) is 11.9. The number of hydrogen-bond donors (Lipinski definition) is 1. The molecule has 1 N–H and O–H groups in total. The number of aromatic nitrogens is 4. The summed E-state index contributed by atoms with van der Waals surface area (Å²) >= 11 is 0. The maximum Gasteiger partial charge on any atom is 0.374 e. The quantitative estimate of drug-likeness (QED) is 0.625. The third-order valence-corrected chi connectivity index (χ3v) is 6.94. The fraction of sp³-hybridized carbons (Fsp3) is 0.520. The molecular formula is C25H31N5O3. The molecule has 5 rings (SSSR count). The van der Waals surface area contributed by atoms with Crippen LogP contribution in [0.15, 0.2) is 24.3 Å². The summed E-state index contributed by atoms with van der Waals surface area (Å²) in [5.74, 6) is 0.822. The number of carboxylic acids is 1. The van der Waals surface area contributed by atoms with E-state index in [9.17, 15) is 9.90 Å². The summed E-state index contributed by atoms with van der Waals surface area (Å²) in [6.45, 7) is 8.01. The summed E-state index contributed by atoms with van der Waals surface area (Å²) in [5, 5.41) is 9.69. The van der Waals surface area contributed by atoms with Gasteiger partial charge in [-0.15, -0.1) is 0 Å². The van der Waals surface area contributed by atoms with Crippen molar-refractivity contribution in [1.82, 2.24) is 19.5 Å². The largest absolute Gasteiger partial charge is 0.475 e. The summed E-state index contributed by atoms with van der Waals surface area (Å²) in [5.41, 5.74) is 3.89. The molecular weight excluding hydrogens is 418 g/mol. The number of carboxylic acid groups (broad SMARTS) is 1. The lowest BCUT2D eigenvalue weighted by Crippen LogP contribution is -2.38. The van der Waals surface area contributed by atoms with E-state index in [1.807, 2.05) is 31.2 Å². The second kappa shape index (κ2) is 9.09. The van der Waals surface area contributed by atoms with Gasteiger partial charge in [-0.3, -0.25) is 0 Å². The highest BCUT2D eigenvalue weighted by molar-refractivity contribution is 5.94. The topological polar surface area (TPSA) is 93.4 Å². The molecule has 0 spiro atoms. The molecule has 1 saturated heterocycles. The predicted octanol–water partition coefficient (Wildman–Crippen LogP) is 4.16. The van der Waals surface area contributed by atoms with E-state index in [0.717, 1.165) is 48.1 Å². The van der Waals surface area contributed by atoms with Crippen molar-refractivity contribution in [3.05, 3.63) is 35.7 Å². The Bertz CT molecular complexity index is 1160. The minimum atomic E-state index is -1.14. The lowest BCUT2D eigenvalue weighted by Gasteiger charge is -2.31. The Balaban J connectivity index is 1.70. The Morgan fingerprint density at radius 1 is 1.12 bits per heavy atom. The first kappa shape index (κ1) is 21.8. The van der Waals surface area contributed by atoms with Crippen LogP contribution >= 0.6 is 0 Å². The molecule has 33 heavy (non-hydrogen) atoms. The molecule has 3 heterocycles. The predicted molar refractivity (Wildman–Crippen MR) is 127 cm³/mol. The van der Waals surface area contributed by atoms with Gasteiger partial charge >= 0.3 is 5.97 Å². The van der Waals surface area contributed by atoms with Gasteiger partial charge in [0, 0.05) is 25.2 Å². The van der Waals surface area contributed by atoms with E-state index in [4.69, 9.17) is 9.72 Å². The number of aryl methyl sites for hydroxylation is 1. The number of imidazole rings is 1. The van der Waals surface area contributed by atoms with Gasteiger partial charge in [-0.2, -0.15) is 4.98 Å². The van der Waals surface area contributed by atoms with E-state index >= 15 is 0 Å². The van der Waals surface area contributed by atoms with Gasteiger partial charge in [0.1, 0.15) is 11.2 Å². The van der Waals surface area contributed by atoms with Crippen molar-refractivity contribution < 1.29 is 14.6 Å². The normalized spacial score (nSPS) is 21.5. The first-order valence-electron chi connectivity index (χ1n) is 11.9. The van der Waals surface area contributed by atoms with Crippen LogP contribution in [0.25, 0.3) is 22.4 Å². The standard InChI is InChI=1S/C25H31N5O3/c1-16-6-8-18(9-7-16)15-30-21-20(19-5-3-4-17(2)14-19)26-23(24(31)32)27-22(21)28-25(30)29-10-12-33-13-11-29/h3-5,14,16,18H,6-13,15H2,1-2H3,(H,31,32). The number of carbonyl (C=O) groups is 1. The molecule has 0 atom stereocenters. The van der Waals surface area contributed by atoms with Crippen LogP contribution in [-0.2, 0) is 11.3 Å². The van der Waals surface area contributed by atoms with Crippen molar-refractivity contribution in [3.63, 3.8) is 0 Å². The molecule has 0 bridgehead atoms. The summed E-state index contributed by atoms with van der Waals surface area (Å²) in [6.07, 6.45) is 4.87. The highest BCUT2D eigenvalue weighted by atomic mass is 16.5. The third-order valence-electron chi connectivity index (χ3n) is 6.94. The lowest BCUT2D eigenvalue weighted by molar-refractivity contribution is 0.0684. The van der Waals surface area contributed by atoms with Gasteiger partial charge in [-0.25, -0.2) is 14.8 Å². The van der Waals surface area contributed by atoms with Crippen LogP contribution in [0.3, 0.4) is 0 Å². The number of fused-ring (bicyclic) bond motifs is 1. The van der Waals surface area contributed by atoms with E-state index in [-0.39, 0.29) is 5.82 Å². The second-order valence-electron chi connectivity index (χ2n) is 9.49. The smallest absolute Gasteiger partial charge is 0.374 e. The summed E-state index contributed by atoms with van der Waals surface area (Å²) in [6, 6.07) is 8.03. The molecule has 2 aliphatic rings. The monoisotopic (exact) mass is 449 g/mol. The van der Waals surface area contributed by atoms with Crippen molar-refractivity contribution in [1.29, 1.82) is 0 Å². The molecule has 2 aromatic heterocycles. The van der Waals surface area contributed by atoms with Crippen molar-refractivity contribution >= 4 is 23.1 Å². The molecule has 0 unspecified atom stereocenters. The fourth-order valence-electron chi connectivity index (χ4n) is 5.06. The van der Waals surface area contributed by atoms with Gasteiger partial charge in [0.25, 0.3) is 0 Å². The number of anilines is 1. The molecule has 1 aliphatic heterocycles. The summed E-state index contributed by atoms with van der Waals surface area (Å²) in [7, 11) is 0. The molecule has 1 aliphatic carbocycles. The van der Waals surface area contributed by atoms with Crippen LogP contribution in [-0.4, -0.2) is 56.9 Å². The van der Waals surface area contributed by atoms with E-state index < -0.39 is 5.97 Å². The summed E-state index contributed by atoms with van der Waals surface area (Å²) < 4.78 is 7.82. The highest BCUT2D eigenvalue weighted by Gasteiger charge is 2.28. The fourth-order valence-corrected chi connectivity index (χ4v) is 5.06. The molecule has 1 saturated carbocycles. The maximum atomic E-state index is 11.8. The van der Waals surface area contributed by atoms with Crippen LogP contribution in [0.2, 0.25) is 0 Å². The first-order chi connectivity index (χ1) is 16.0. The van der Waals surface area contributed by atoms with E-state index in [1.165, 1.54) is 25.7 Å². The average Bonchev–Trinajstić information content (AvgIpc) is 3.19. The zero-order valence-corrected chi connectivity index (χ0v) is 19.3. The van der Waals surface area contributed by atoms with Crippen molar-refractivity contribution in [3.8, 4) is 11.3 Å². The Morgan fingerprint density at radius 3 is 2.58 bits per heavy atom. The molecule has 8 nitrogen and oxygen atoms in total. The Labute approximate surface area is 193 Å². The maximum absolute atomic E-state index is 11.8. The molecule has 8 heteroatoms. The number of ether oxygens (including phenoxy) is 1. The van der Waals surface area contributed by atoms with E-state index in [0.29, 0.717) is 30.5 Å². The molecule has 3 aromatic rings. The Morgan fingerprint density at radius 2 is 1.88 bits per heavy atom. The number of rotatable bonds is 5. The zero-order chi connectivity index (χ0) is 22.9. The molecule has 174 valence electrons. The van der Waals surface area contributed by atoms with Crippen molar-refractivity contribution in [2.45, 2.75) is 46.1 Å². The number of benzene rings is 1. The highest BCUT2D eigenvalue weighted by Crippen LogP contribution is 2.35. The van der Waals surface area contributed by atoms with E-state index in [2.05, 4.69) is 26.4 Å². The Hall–Kier alpha value is -3.00.